The number of hydrogen-bond acceptors (Lipinski definition) is 3. The van der Waals surface area contributed by atoms with Gasteiger partial charge in [-0.15, -0.1) is 10.2 Å². The van der Waals surface area contributed by atoms with Crippen molar-refractivity contribution < 1.29 is 0 Å². The van der Waals surface area contributed by atoms with E-state index in [1.807, 2.05) is 0 Å². The molecular formula is C12H20N4. The van der Waals surface area contributed by atoms with Crippen molar-refractivity contribution in [3.63, 3.8) is 0 Å². The molecule has 1 saturated heterocycles. The van der Waals surface area contributed by atoms with Crippen LogP contribution in [0.3, 0.4) is 0 Å². The highest BCUT2D eigenvalue weighted by atomic mass is 15.3. The van der Waals surface area contributed by atoms with Crippen LogP contribution in [0, 0.1) is 5.92 Å². The number of aryl methyl sites for hydroxylation is 1. The van der Waals surface area contributed by atoms with Gasteiger partial charge < -0.3 is 9.88 Å². The van der Waals surface area contributed by atoms with Crippen molar-refractivity contribution in [2.45, 2.75) is 45.1 Å². The van der Waals surface area contributed by atoms with Gasteiger partial charge in [0.15, 0.2) is 0 Å². The molecule has 1 atom stereocenters. The Labute approximate surface area is 96.4 Å². The van der Waals surface area contributed by atoms with Gasteiger partial charge in [-0.1, -0.05) is 13.8 Å². The predicted molar refractivity (Wildman–Crippen MR) is 62.3 cm³/mol. The Morgan fingerprint density at radius 2 is 2.25 bits per heavy atom. The zero-order valence-corrected chi connectivity index (χ0v) is 10.2. The minimum atomic E-state index is 0.218. The van der Waals surface area contributed by atoms with E-state index in [4.69, 9.17) is 0 Å². The summed E-state index contributed by atoms with van der Waals surface area (Å²) >= 11 is 0. The summed E-state index contributed by atoms with van der Waals surface area (Å²) in [6.45, 7) is 7.91. The maximum Gasteiger partial charge on any atom is 0.140 e. The van der Waals surface area contributed by atoms with Crippen molar-refractivity contribution in [1.82, 2.24) is 20.1 Å². The number of nitrogens with zero attached hydrogens (tertiary/aromatic N) is 3. The number of hydrogen-bond donors (Lipinski definition) is 1. The fourth-order valence-corrected chi connectivity index (χ4v) is 3.17. The van der Waals surface area contributed by atoms with Gasteiger partial charge in [-0.2, -0.15) is 0 Å². The molecule has 3 rings (SSSR count). The maximum atomic E-state index is 4.49. The van der Waals surface area contributed by atoms with E-state index in [0.29, 0.717) is 5.92 Å². The third-order valence-corrected chi connectivity index (χ3v) is 4.35. The normalized spacial score (nSPS) is 28.9. The molecule has 1 fully saturated rings. The highest BCUT2D eigenvalue weighted by molar-refractivity contribution is 5.17. The van der Waals surface area contributed by atoms with E-state index in [1.165, 1.54) is 24.5 Å². The van der Waals surface area contributed by atoms with Crippen LogP contribution in [0.2, 0.25) is 0 Å². The highest BCUT2D eigenvalue weighted by Crippen LogP contribution is 2.38. The Hall–Kier alpha value is -0.900. The summed E-state index contributed by atoms with van der Waals surface area (Å²) in [5.41, 5.74) is 0.218. The SMILES string of the molecule is CC(C)C1(c2nnc3n2CCC3)CCNC1. The van der Waals surface area contributed by atoms with Crippen LogP contribution in [0.5, 0.6) is 0 Å². The minimum absolute atomic E-state index is 0.218. The molecule has 3 heterocycles. The van der Waals surface area contributed by atoms with Gasteiger partial charge in [0.1, 0.15) is 11.6 Å². The molecule has 1 N–H and O–H groups in total. The van der Waals surface area contributed by atoms with E-state index in [9.17, 15) is 0 Å². The molecule has 0 aromatic carbocycles. The van der Waals surface area contributed by atoms with Gasteiger partial charge in [-0.05, 0) is 25.3 Å². The maximum absolute atomic E-state index is 4.49. The second-order valence-electron chi connectivity index (χ2n) is 5.43. The molecule has 0 bridgehead atoms. The van der Waals surface area contributed by atoms with E-state index in [0.717, 1.165) is 26.1 Å². The molecular weight excluding hydrogens is 200 g/mol. The second-order valence-corrected chi connectivity index (χ2v) is 5.43. The molecule has 0 amide bonds. The van der Waals surface area contributed by atoms with Crippen molar-refractivity contribution >= 4 is 0 Å². The van der Waals surface area contributed by atoms with Gasteiger partial charge in [-0.25, -0.2) is 0 Å². The zero-order valence-electron chi connectivity index (χ0n) is 10.2. The van der Waals surface area contributed by atoms with Crippen LogP contribution in [0.4, 0.5) is 0 Å². The third kappa shape index (κ3) is 1.25. The molecule has 0 saturated carbocycles. The fraction of sp³-hybridized carbons (Fsp3) is 0.833. The van der Waals surface area contributed by atoms with Gasteiger partial charge >= 0.3 is 0 Å². The third-order valence-electron chi connectivity index (χ3n) is 4.35. The first-order chi connectivity index (χ1) is 7.74. The Morgan fingerprint density at radius 1 is 1.38 bits per heavy atom. The Kier molecular flexibility index (Phi) is 2.28. The lowest BCUT2D eigenvalue weighted by atomic mass is 9.75. The molecule has 16 heavy (non-hydrogen) atoms. The lowest BCUT2D eigenvalue weighted by Crippen LogP contribution is -2.37. The summed E-state index contributed by atoms with van der Waals surface area (Å²) in [6, 6.07) is 0. The Balaban J connectivity index is 2.06. The van der Waals surface area contributed by atoms with E-state index in [2.05, 4.69) is 33.9 Å². The van der Waals surface area contributed by atoms with E-state index >= 15 is 0 Å². The summed E-state index contributed by atoms with van der Waals surface area (Å²) in [7, 11) is 0. The number of aromatic nitrogens is 3. The van der Waals surface area contributed by atoms with E-state index < -0.39 is 0 Å². The van der Waals surface area contributed by atoms with Crippen LogP contribution in [-0.4, -0.2) is 27.9 Å². The van der Waals surface area contributed by atoms with Crippen LogP contribution in [0.1, 0.15) is 38.3 Å². The number of rotatable bonds is 2. The van der Waals surface area contributed by atoms with Crippen molar-refractivity contribution in [1.29, 1.82) is 0 Å². The standard InChI is InChI=1S/C12H20N4/c1-9(2)12(5-6-13-8-12)11-15-14-10-4-3-7-16(10)11/h9,13H,3-8H2,1-2H3. The average molecular weight is 220 g/mol. The summed E-state index contributed by atoms with van der Waals surface area (Å²) in [5.74, 6) is 3.05. The quantitative estimate of drug-likeness (QED) is 0.812. The Morgan fingerprint density at radius 3 is 2.94 bits per heavy atom. The van der Waals surface area contributed by atoms with Crippen molar-refractivity contribution in [2.75, 3.05) is 13.1 Å². The molecule has 0 aliphatic carbocycles. The molecule has 2 aliphatic rings. The zero-order chi connectivity index (χ0) is 11.2. The van der Waals surface area contributed by atoms with Crippen molar-refractivity contribution in [2.24, 2.45) is 5.92 Å². The minimum Gasteiger partial charge on any atom is -0.316 e. The molecule has 4 nitrogen and oxygen atoms in total. The molecule has 1 unspecified atom stereocenters. The lowest BCUT2D eigenvalue weighted by Gasteiger charge is -2.31. The predicted octanol–water partition coefficient (Wildman–Crippen LogP) is 1.11. The van der Waals surface area contributed by atoms with Gasteiger partial charge in [0.2, 0.25) is 0 Å². The molecule has 1 aromatic rings. The van der Waals surface area contributed by atoms with Gasteiger partial charge in [-0.3, -0.25) is 0 Å². The number of fused-ring (bicyclic) bond motifs is 1. The van der Waals surface area contributed by atoms with Crippen LogP contribution < -0.4 is 5.32 Å². The Bertz CT molecular complexity index is 388. The first-order valence-corrected chi connectivity index (χ1v) is 6.37. The average Bonchev–Trinajstić information content (AvgIpc) is 2.93. The van der Waals surface area contributed by atoms with E-state index in [1.54, 1.807) is 0 Å². The van der Waals surface area contributed by atoms with Gasteiger partial charge in [0, 0.05) is 24.9 Å². The van der Waals surface area contributed by atoms with Crippen LogP contribution >= 0.6 is 0 Å². The molecule has 0 spiro atoms. The summed E-state index contributed by atoms with van der Waals surface area (Å²) < 4.78 is 2.37. The summed E-state index contributed by atoms with van der Waals surface area (Å²) in [5, 5.41) is 12.3. The first kappa shape index (κ1) is 10.3. The highest BCUT2D eigenvalue weighted by Gasteiger charge is 2.43. The van der Waals surface area contributed by atoms with Gasteiger partial charge in [0.25, 0.3) is 0 Å². The van der Waals surface area contributed by atoms with Gasteiger partial charge in [0.05, 0.1) is 0 Å². The number of nitrogens with one attached hydrogen (secondary N) is 1. The topological polar surface area (TPSA) is 42.7 Å². The summed E-state index contributed by atoms with van der Waals surface area (Å²) in [4.78, 5) is 0. The van der Waals surface area contributed by atoms with E-state index in [-0.39, 0.29) is 5.41 Å². The van der Waals surface area contributed by atoms with Crippen molar-refractivity contribution in [3.8, 4) is 0 Å². The van der Waals surface area contributed by atoms with Crippen LogP contribution in [0.15, 0.2) is 0 Å². The molecule has 1 aromatic heterocycles. The molecule has 2 aliphatic heterocycles. The van der Waals surface area contributed by atoms with Crippen molar-refractivity contribution in [3.05, 3.63) is 11.6 Å². The fourth-order valence-electron chi connectivity index (χ4n) is 3.17. The second kappa shape index (κ2) is 3.55. The van der Waals surface area contributed by atoms with Crippen LogP contribution in [0.25, 0.3) is 0 Å². The molecule has 88 valence electrons. The largest absolute Gasteiger partial charge is 0.316 e. The molecule has 4 heteroatoms. The van der Waals surface area contributed by atoms with Crippen LogP contribution in [-0.2, 0) is 18.4 Å². The first-order valence-electron chi connectivity index (χ1n) is 6.37. The smallest absolute Gasteiger partial charge is 0.140 e. The summed E-state index contributed by atoms with van der Waals surface area (Å²) in [6.07, 6.45) is 3.54. The monoisotopic (exact) mass is 220 g/mol. The lowest BCUT2D eigenvalue weighted by molar-refractivity contribution is 0.306. The molecule has 0 radical (unpaired) electrons.